The van der Waals surface area contributed by atoms with Crippen LogP contribution in [-0.4, -0.2) is 87.5 Å². The van der Waals surface area contributed by atoms with Crippen LogP contribution in [0.4, 0.5) is 0 Å². The Kier molecular flexibility index (Phi) is 33.5. The summed E-state index contributed by atoms with van der Waals surface area (Å²) in [7, 11) is 0. The van der Waals surface area contributed by atoms with E-state index >= 15 is 0 Å². The minimum absolute atomic E-state index is 0.199. The second kappa shape index (κ2) is 36.2. The third kappa shape index (κ3) is 27.2. The fraction of sp³-hybridized carbons (Fsp3) is 0.761. The quantitative estimate of drug-likeness (QED) is 0.0277. The Labute approximate surface area is 335 Å². The third-order valence-electron chi connectivity index (χ3n) is 10.1. The fourth-order valence-corrected chi connectivity index (χ4v) is 6.58. The van der Waals surface area contributed by atoms with Gasteiger partial charge in [0.2, 0.25) is 5.91 Å². The largest absolute Gasteiger partial charge is 0.394 e. The van der Waals surface area contributed by atoms with E-state index in [0.29, 0.717) is 6.42 Å². The number of carbonyl (C=O) groups is 1. The van der Waals surface area contributed by atoms with Crippen molar-refractivity contribution in [3.63, 3.8) is 0 Å². The van der Waals surface area contributed by atoms with E-state index in [2.05, 4.69) is 54.8 Å². The molecule has 1 aliphatic rings. The number of aliphatic hydroxyl groups is 5. The van der Waals surface area contributed by atoms with E-state index in [-0.39, 0.29) is 12.5 Å². The standard InChI is InChI=1S/C46H81NO8/c1-3-5-7-9-11-13-14-15-16-17-18-19-20-21-22-23-24-25-26-28-30-32-34-36-42(50)47-39(40(49)35-33-31-29-27-12-10-8-6-4-2)38-54-46-45(53)44(52)43(51)41(37-48)55-46/h4,6,12,14-15,17-18,27,33,35,39-41,43-46,48-49,51-53H,3,5,7-11,13,16,19-26,28-32,34,36-38H2,1-2H3,(H,47,50)/b6-4+,15-14-,18-17-,27-12+,35-33+. The highest BCUT2D eigenvalue weighted by Crippen LogP contribution is 2.22. The number of hydrogen-bond donors (Lipinski definition) is 6. The van der Waals surface area contributed by atoms with Crippen LogP contribution in [0.25, 0.3) is 0 Å². The van der Waals surface area contributed by atoms with E-state index in [1.54, 1.807) is 6.08 Å². The van der Waals surface area contributed by atoms with Gasteiger partial charge in [-0.15, -0.1) is 0 Å². The number of amides is 1. The molecule has 0 aromatic rings. The predicted molar refractivity (Wildman–Crippen MR) is 226 cm³/mol. The van der Waals surface area contributed by atoms with E-state index in [0.717, 1.165) is 51.4 Å². The molecule has 9 nitrogen and oxygen atoms in total. The maximum atomic E-state index is 12.9. The van der Waals surface area contributed by atoms with Gasteiger partial charge in [-0.3, -0.25) is 4.79 Å². The molecule has 318 valence electrons. The molecular weight excluding hydrogens is 695 g/mol. The Bertz CT molecular complexity index is 1040. The summed E-state index contributed by atoms with van der Waals surface area (Å²) in [6.45, 7) is 3.48. The maximum Gasteiger partial charge on any atom is 0.220 e. The van der Waals surface area contributed by atoms with Gasteiger partial charge in [0.05, 0.1) is 25.4 Å². The molecular formula is C46H81NO8. The lowest BCUT2D eigenvalue weighted by Gasteiger charge is -2.40. The minimum Gasteiger partial charge on any atom is -0.394 e. The highest BCUT2D eigenvalue weighted by molar-refractivity contribution is 5.76. The molecule has 0 spiro atoms. The number of ether oxygens (including phenoxy) is 2. The molecule has 55 heavy (non-hydrogen) atoms. The molecule has 0 aromatic heterocycles. The predicted octanol–water partition coefficient (Wildman–Crippen LogP) is 8.83. The molecule has 1 aliphatic heterocycles. The van der Waals surface area contributed by atoms with E-state index in [1.807, 2.05) is 19.1 Å². The lowest BCUT2D eigenvalue weighted by atomic mass is 9.99. The van der Waals surface area contributed by atoms with Crippen molar-refractivity contribution in [2.24, 2.45) is 0 Å². The van der Waals surface area contributed by atoms with Crippen LogP contribution in [0, 0.1) is 0 Å². The molecule has 7 unspecified atom stereocenters. The molecule has 0 bridgehead atoms. The maximum absolute atomic E-state index is 12.9. The van der Waals surface area contributed by atoms with Gasteiger partial charge in [0, 0.05) is 6.42 Å². The van der Waals surface area contributed by atoms with Crippen molar-refractivity contribution in [2.75, 3.05) is 13.2 Å². The van der Waals surface area contributed by atoms with Crippen molar-refractivity contribution in [3.8, 4) is 0 Å². The number of aliphatic hydroxyl groups excluding tert-OH is 5. The highest BCUT2D eigenvalue weighted by atomic mass is 16.7. The van der Waals surface area contributed by atoms with Gasteiger partial charge in [-0.2, -0.15) is 0 Å². The summed E-state index contributed by atoms with van der Waals surface area (Å²) in [5.74, 6) is -0.199. The summed E-state index contributed by atoms with van der Waals surface area (Å²) in [6, 6.07) is -0.828. The number of rotatable bonds is 35. The number of hydrogen-bond acceptors (Lipinski definition) is 8. The van der Waals surface area contributed by atoms with Crippen LogP contribution in [0.2, 0.25) is 0 Å². The Morgan fingerprint density at radius 1 is 0.655 bits per heavy atom. The molecule has 0 radical (unpaired) electrons. The van der Waals surface area contributed by atoms with Crippen molar-refractivity contribution in [1.29, 1.82) is 0 Å². The Hall–Kier alpha value is -2.11. The molecule has 1 rings (SSSR count). The molecule has 0 saturated carbocycles. The first-order valence-corrected chi connectivity index (χ1v) is 22.0. The van der Waals surface area contributed by atoms with Gasteiger partial charge in [-0.05, 0) is 71.1 Å². The van der Waals surface area contributed by atoms with Crippen LogP contribution in [-0.2, 0) is 14.3 Å². The van der Waals surface area contributed by atoms with E-state index < -0.39 is 49.5 Å². The molecule has 1 fully saturated rings. The third-order valence-corrected chi connectivity index (χ3v) is 10.1. The molecule has 0 aromatic carbocycles. The molecule has 0 aliphatic carbocycles. The molecule has 9 heteroatoms. The first-order chi connectivity index (χ1) is 26.8. The van der Waals surface area contributed by atoms with Gasteiger partial charge in [-0.25, -0.2) is 0 Å². The molecule has 1 amide bonds. The van der Waals surface area contributed by atoms with E-state index in [9.17, 15) is 30.3 Å². The van der Waals surface area contributed by atoms with Gasteiger partial charge in [0.15, 0.2) is 6.29 Å². The topological polar surface area (TPSA) is 149 Å². The smallest absolute Gasteiger partial charge is 0.220 e. The molecule has 6 N–H and O–H groups in total. The summed E-state index contributed by atoms with van der Waals surface area (Å²) in [6.07, 6.45) is 40.1. The number of carbonyl (C=O) groups excluding carboxylic acids is 1. The Balaban J connectivity index is 2.27. The molecule has 7 atom stereocenters. The normalized spacial score (nSPS) is 21.9. The lowest BCUT2D eigenvalue weighted by molar-refractivity contribution is -0.302. The summed E-state index contributed by atoms with van der Waals surface area (Å²) in [5, 5.41) is 53.9. The van der Waals surface area contributed by atoms with Crippen LogP contribution < -0.4 is 5.32 Å². The van der Waals surface area contributed by atoms with Gasteiger partial charge in [0.1, 0.15) is 24.4 Å². The minimum atomic E-state index is -1.57. The van der Waals surface area contributed by atoms with Crippen LogP contribution in [0.3, 0.4) is 0 Å². The van der Waals surface area contributed by atoms with Crippen LogP contribution >= 0.6 is 0 Å². The van der Waals surface area contributed by atoms with Crippen LogP contribution in [0.15, 0.2) is 60.8 Å². The molecule has 1 heterocycles. The summed E-state index contributed by atoms with van der Waals surface area (Å²) < 4.78 is 11.1. The van der Waals surface area contributed by atoms with E-state index in [1.165, 1.54) is 96.3 Å². The number of nitrogens with one attached hydrogen (secondary N) is 1. The Morgan fingerprint density at radius 2 is 1.16 bits per heavy atom. The first-order valence-electron chi connectivity index (χ1n) is 22.0. The zero-order valence-corrected chi connectivity index (χ0v) is 34.7. The average Bonchev–Trinajstić information content (AvgIpc) is 3.18. The van der Waals surface area contributed by atoms with Crippen molar-refractivity contribution >= 4 is 5.91 Å². The van der Waals surface area contributed by atoms with Crippen LogP contribution in [0.5, 0.6) is 0 Å². The fourth-order valence-electron chi connectivity index (χ4n) is 6.58. The van der Waals surface area contributed by atoms with Crippen LogP contribution in [0.1, 0.15) is 168 Å². The van der Waals surface area contributed by atoms with Gasteiger partial charge < -0.3 is 40.3 Å². The van der Waals surface area contributed by atoms with Gasteiger partial charge in [0.25, 0.3) is 0 Å². The van der Waals surface area contributed by atoms with Gasteiger partial charge >= 0.3 is 0 Å². The van der Waals surface area contributed by atoms with Crippen molar-refractivity contribution < 1.29 is 39.8 Å². The van der Waals surface area contributed by atoms with Crippen molar-refractivity contribution in [1.82, 2.24) is 5.32 Å². The molecule has 1 saturated heterocycles. The van der Waals surface area contributed by atoms with Crippen molar-refractivity contribution in [2.45, 2.75) is 211 Å². The Morgan fingerprint density at radius 3 is 1.73 bits per heavy atom. The van der Waals surface area contributed by atoms with Crippen molar-refractivity contribution in [3.05, 3.63) is 60.8 Å². The second-order valence-corrected chi connectivity index (χ2v) is 15.1. The number of unbranched alkanes of at least 4 members (excludes halogenated alkanes) is 18. The highest BCUT2D eigenvalue weighted by Gasteiger charge is 2.44. The monoisotopic (exact) mass is 776 g/mol. The second-order valence-electron chi connectivity index (χ2n) is 15.1. The summed E-state index contributed by atoms with van der Waals surface area (Å²) in [4.78, 5) is 12.9. The first kappa shape index (κ1) is 50.9. The SMILES string of the molecule is C/C=C/CC/C=C/CC/C=C/C(O)C(COC1OC(CO)C(O)C(O)C1O)NC(=O)CCCCCCCCCCCCC/C=C\C/C=C\CCCCCCC. The number of allylic oxidation sites excluding steroid dienone is 9. The van der Waals surface area contributed by atoms with Gasteiger partial charge in [-0.1, -0.05) is 151 Å². The average molecular weight is 776 g/mol. The van der Waals surface area contributed by atoms with E-state index in [4.69, 9.17) is 9.47 Å². The summed E-state index contributed by atoms with van der Waals surface area (Å²) in [5.41, 5.74) is 0. The lowest BCUT2D eigenvalue weighted by Crippen LogP contribution is -2.60. The summed E-state index contributed by atoms with van der Waals surface area (Å²) >= 11 is 0. The zero-order chi connectivity index (χ0) is 40.2. The zero-order valence-electron chi connectivity index (χ0n) is 34.7.